The van der Waals surface area contributed by atoms with Gasteiger partial charge in [-0.25, -0.2) is 0 Å². The summed E-state index contributed by atoms with van der Waals surface area (Å²) in [7, 11) is 0. The van der Waals surface area contributed by atoms with E-state index in [1.54, 1.807) is 6.92 Å². The Hall–Kier alpha value is -1.58. The molecule has 0 radical (unpaired) electrons. The molecule has 0 spiro atoms. The number of nitrogens with one attached hydrogen (secondary N) is 1. The minimum absolute atomic E-state index is 0.379. The van der Waals surface area contributed by atoms with Gasteiger partial charge in [-0.2, -0.15) is 4.73 Å². The fourth-order valence-electron chi connectivity index (χ4n) is 0.728. The molecule has 0 saturated heterocycles. The van der Waals surface area contributed by atoms with Crippen LogP contribution in [0, 0.1) is 5.21 Å². The van der Waals surface area contributed by atoms with Crippen molar-refractivity contribution >= 4 is 5.57 Å². The summed E-state index contributed by atoms with van der Waals surface area (Å²) in [5.74, 6) is 0. The average Bonchev–Trinajstić information content (AvgIpc) is 1.85. The maximum Gasteiger partial charge on any atom is 0.313 e. The van der Waals surface area contributed by atoms with Crippen molar-refractivity contribution in [3.8, 4) is 0 Å². The number of rotatable bonds is 1. The zero-order valence-corrected chi connectivity index (χ0v) is 6.13. The van der Waals surface area contributed by atoms with Crippen LogP contribution in [0.15, 0.2) is 23.8 Å². The Morgan fingerprint density at radius 2 is 2.45 bits per heavy atom. The third-order valence-electron chi connectivity index (χ3n) is 1.26. The van der Waals surface area contributed by atoms with Crippen molar-refractivity contribution in [1.29, 1.82) is 0 Å². The fourth-order valence-corrected chi connectivity index (χ4v) is 0.728. The molecule has 0 atom stereocenters. The van der Waals surface area contributed by atoms with Crippen molar-refractivity contribution in [2.24, 2.45) is 0 Å². The Labute approximate surface area is 63.4 Å². The average molecular weight is 152 g/mol. The number of allylic oxidation sites excluding steroid dienone is 1. The number of nitrogens with zero attached hydrogens (tertiary/aromatic N) is 1. The molecule has 0 aromatic carbocycles. The maximum atomic E-state index is 10.9. The van der Waals surface area contributed by atoms with Crippen LogP contribution in [0.25, 0.3) is 5.57 Å². The molecule has 0 amide bonds. The molecular weight excluding hydrogens is 144 g/mol. The first-order valence-corrected chi connectivity index (χ1v) is 3.09. The quantitative estimate of drug-likeness (QED) is 0.456. The molecule has 0 aliphatic heterocycles. The second kappa shape index (κ2) is 2.57. The first-order chi connectivity index (χ1) is 5.11. The van der Waals surface area contributed by atoms with Crippen LogP contribution in [-0.2, 0) is 0 Å². The summed E-state index contributed by atoms with van der Waals surface area (Å²) in [5.41, 5.74) is 0.589. The minimum Gasteiger partial charge on any atom is -0.618 e. The largest absolute Gasteiger partial charge is 0.618 e. The van der Waals surface area contributed by atoms with Crippen LogP contribution in [0.1, 0.15) is 12.6 Å². The smallest absolute Gasteiger partial charge is 0.313 e. The van der Waals surface area contributed by atoms with E-state index in [1.807, 2.05) is 0 Å². The van der Waals surface area contributed by atoms with Crippen LogP contribution in [0.4, 0.5) is 0 Å². The van der Waals surface area contributed by atoms with E-state index in [1.165, 1.54) is 6.20 Å². The standard InChI is InChI=1S/C7H8N2O2/c1-5(2)6-3-8-7(10)4-9(6)11/h3-4H,1H2,2H3,(H,8,10). The lowest BCUT2D eigenvalue weighted by atomic mass is 10.3. The summed E-state index contributed by atoms with van der Waals surface area (Å²) in [5, 5.41) is 10.9. The number of aromatic nitrogens is 2. The number of H-pyrrole nitrogens is 1. The van der Waals surface area contributed by atoms with E-state index in [9.17, 15) is 10.0 Å². The van der Waals surface area contributed by atoms with Gasteiger partial charge >= 0.3 is 5.56 Å². The van der Waals surface area contributed by atoms with Crippen LogP contribution in [0.2, 0.25) is 0 Å². The van der Waals surface area contributed by atoms with Crippen LogP contribution >= 0.6 is 0 Å². The van der Waals surface area contributed by atoms with E-state index in [0.29, 0.717) is 16.0 Å². The van der Waals surface area contributed by atoms with Crippen LogP contribution < -0.4 is 10.3 Å². The molecule has 4 nitrogen and oxygen atoms in total. The van der Waals surface area contributed by atoms with Gasteiger partial charge in [0.05, 0.1) is 6.20 Å². The van der Waals surface area contributed by atoms with E-state index in [-0.39, 0.29) is 0 Å². The van der Waals surface area contributed by atoms with Gasteiger partial charge in [-0.3, -0.25) is 4.79 Å². The molecule has 11 heavy (non-hydrogen) atoms. The molecule has 58 valence electrons. The molecule has 4 heteroatoms. The monoisotopic (exact) mass is 152 g/mol. The third-order valence-corrected chi connectivity index (χ3v) is 1.26. The Bertz CT molecular complexity index is 341. The summed E-state index contributed by atoms with van der Waals surface area (Å²) in [6.07, 6.45) is 2.28. The molecule has 1 aromatic rings. The van der Waals surface area contributed by atoms with Crippen molar-refractivity contribution in [1.82, 2.24) is 4.98 Å². The number of aromatic amines is 1. The van der Waals surface area contributed by atoms with Gasteiger partial charge in [-0.1, -0.05) is 6.58 Å². The second-order valence-electron chi connectivity index (χ2n) is 2.27. The lowest BCUT2D eigenvalue weighted by Gasteiger charge is -2.00. The molecule has 0 fully saturated rings. The van der Waals surface area contributed by atoms with Crippen LogP contribution in [0.3, 0.4) is 0 Å². The maximum absolute atomic E-state index is 10.9. The molecule has 0 aliphatic carbocycles. The van der Waals surface area contributed by atoms with Gasteiger partial charge < -0.3 is 10.2 Å². The van der Waals surface area contributed by atoms with Gasteiger partial charge in [-0.05, 0) is 6.92 Å². The molecular formula is C7H8N2O2. The third kappa shape index (κ3) is 1.46. The van der Waals surface area contributed by atoms with Crippen LogP contribution in [0.5, 0.6) is 0 Å². The zero-order valence-electron chi connectivity index (χ0n) is 6.13. The molecule has 1 rings (SSSR count). The summed E-state index contributed by atoms with van der Waals surface area (Å²) in [6, 6.07) is 0. The highest BCUT2D eigenvalue weighted by Crippen LogP contribution is 2.00. The summed E-state index contributed by atoms with van der Waals surface area (Å²) in [6.45, 7) is 5.27. The predicted octanol–water partition coefficient (Wildman–Crippen LogP) is 0.0414. The second-order valence-corrected chi connectivity index (χ2v) is 2.27. The molecule has 1 heterocycles. The van der Waals surface area contributed by atoms with E-state index >= 15 is 0 Å². The molecule has 0 unspecified atom stereocenters. The highest BCUT2D eigenvalue weighted by Gasteiger charge is 2.04. The van der Waals surface area contributed by atoms with Crippen molar-refractivity contribution in [2.75, 3.05) is 0 Å². The molecule has 1 aromatic heterocycles. The minimum atomic E-state index is -0.412. The van der Waals surface area contributed by atoms with Crippen molar-refractivity contribution in [2.45, 2.75) is 6.92 Å². The SMILES string of the molecule is C=C(C)c1c[nH]c(=O)c[n+]1[O-]. The summed E-state index contributed by atoms with van der Waals surface area (Å²) in [4.78, 5) is 12.9. The first kappa shape index (κ1) is 7.53. The first-order valence-electron chi connectivity index (χ1n) is 3.09. The van der Waals surface area contributed by atoms with Crippen LogP contribution in [-0.4, -0.2) is 4.98 Å². The Balaban J connectivity index is 3.31. The van der Waals surface area contributed by atoms with Gasteiger partial charge in [0.1, 0.15) is 0 Å². The van der Waals surface area contributed by atoms with Gasteiger partial charge in [0.25, 0.3) is 0 Å². The van der Waals surface area contributed by atoms with Crippen molar-refractivity contribution in [3.05, 3.63) is 40.2 Å². The lowest BCUT2D eigenvalue weighted by molar-refractivity contribution is -0.609. The molecule has 1 N–H and O–H groups in total. The van der Waals surface area contributed by atoms with Crippen molar-refractivity contribution in [3.63, 3.8) is 0 Å². The highest BCUT2D eigenvalue weighted by atomic mass is 16.5. The van der Waals surface area contributed by atoms with E-state index in [0.717, 1.165) is 6.20 Å². The summed E-state index contributed by atoms with van der Waals surface area (Å²) < 4.78 is 0.501. The molecule has 0 aliphatic rings. The highest BCUT2D eigenvalue weighted by molar-refractivity contribution is 5.54. The predicted molar refractivity (Wildman–Crippen MR) is 40.7 cm³/mol. The number of hydrogen-bond acceptors (Lipinski definition) is 2. The van der Waals surface area contributed by atoms with Gasteiger partial charge in [-0.15, -0.1) is 0 Å². The Morgan fingerprint density at radius 3 is 2.91 bits per heavy atom. The fraction of sp³-hybridized carbons (Fsp3) is 0.143. The lowest BCUT2D eigenvalue weighted by Crippen LogP contribution is -2.35. The molecule has 0 bridgehead atoms. The van der Waals surface area contributed by atoms with Gasteiger partial charge in [0.15, 0.2) is 0 Å². The normalized spacial score (nSPS) is 9.55. The summed E-state index contributed by atoms with van der Waals surface area (Å²) >= 11 is 0. The van der Waals surface area contributed by atoms with E-state index in [4.69, 9.17) is 0 Å². The van der Waals surface area contributed by atoms with Gasteiger partial charge in [0, 0.05) is 5.57 Å². The Kier molecular flexibility index (Phi) is 1.76. The van der Waals surface area contributed by atoms with E-state index < -0.39 is 5.56 Å². The van der Waals surface area contributed by atoms with Crippen molar-refractivity contribution < 1.29 is 4.73 Å². The number of hydrogen-bond donors (Lipinski definition) is 1. The van der Waals surface area contributed by atoms with E-state index in [2.05, 4.69) is 11.6 Å². The molecule has 0 saturated carbocycles. The topological polar surface area (TPSA) is 59.8 Å². The Morgan fingerprint density at radius 1 is 1.82 bits per heavy atom. The van der Waals surface area contributed by atoms with Gasteiger partial charge in [0.2, 0.25) is 11.9 Å². The zero-order chi connectivity index (χ0) is 8.43.